The zero-order valence-electron chi connectivity index (χ0n) is 10.9. The lowest BCUT2D eigenvalue weighted by Gasteiger charge is -2.03. The third kappa shape index (κ3) is 3.97. The fourth-order valence-corrected chi connectivity index (χ4v) is 1.65. The number of non-ortho nitro benzene ring substituents is 1. The third-order valence-electron chi connectivity index (χ3n) is 2.69. The fourth-order valence-electron chi connectivity index (χ4n) is 1.65. The molecule has 0 aromatic heterocycles. The normalized spacial score (nSPS) is 9.90. The van der Waals surface area contributed by atoms with Crippen LogP contribution < -0.4 is 4.74 Å². The molecule has 2 aromatic carbocycles. The largest absolute Gasteiger partial charge is 0.421 e. The number of benzene rings is 2. The number of nitro benzene ring substituents is 1. The molecular weight excluding hydrogens is 274 g/mol. The number of ketones is 1. The Balaban J connectivity index is 1.97. The van der Waals surface area contributed by atoms with Crippen molar-refractivity contribution in [1.29, 1.82) is 0 Å². The molecule has 0 aliphatic carbocycles. The number of esters is 1. The van der Waals surface area contributed by atoms with E-state index in [4.69, 9.17) is 4.74 Å². The van der Waals surface area contributed by atoms with E-state index < -0.39 is 16.7 Å². The number of ether oxygens (including phenoxy) is 1. The lowest BCUT2D eigenvalue weighted by Crippen LogP contribution is -2.22. The first-order valence-corrected chi connectivity index (χ1v) is 6.09. The molecule has 0 bridgehead atoms. The van der Waals surface area contributed by atoms with Crippen molar-refractivity contribution < 1.29 is 19.2 Å². The first kappa shape index (κ1) is 14.4. The maximum atomic E-state index is 11.7. The molecule has 2 rings (SSSR count). The fraction of sp³-hybridized carbons (Fsp3) is 0.0667. The first-order valence-electron chi connectivity index (χ1n) is 6.09. The van der Waals surface area contributed by atoms with E-state index in [1.54, 1.807) is 24.3 Å². The number of nitro groups is 1. The summed E-state index contributed by atoms with van der Waals surface area (Å²) in [5, 5.41) is 10.5. The van der Waals surface area contributed by atoms with E-state index in [9.17, 15) is 19.7 Å². The highest BCUT2D eigenvalue weighted by Gasteiger charge is 2.17. The molecule has 0 saturated carbocycles. The smallest absolute Gasteiger partial charge is 0.380 e. The third-order valence-corrected chi connectivity index (χ3v) is 2.69. The van der Waals surface area contributed by atoms with Gasteiger partial charge in [-0.15, -0.1) is 0 Å². The molecule has 0 aliphatic rings. The first-order chi connectivity index (χ1) is 10.1. The molecule has 0 saturated heterocycles. The molecule has 0 aliphatic heterocycles. The zero-order valence-corrected chi connectivity index (χ0v) is 10.9. The van der Waals surface area contributed by atoms with Gasteiger partial charge in [-0.3, -0.25) is 14.9 Å². The van der Waals surface area contributed by atoms with Crippen molar-refractivity contribution in [2.24, 2.45) is 0 Å². The van der Waals surface area contributed by atoms with E-state index in [2.05, 4.69) is 0 Å². The van der Waals surface area contributed by atoms with Gasteiger partial charge in [0.1, 0.15) is 5.75 Å². The SMILES string of the molecule is O=C(Cc1ccccc1)C(=O)Oc1ccc([N+](=O)[O-])cc1. The highest BCUT2D eigenvalue weighted by atomic mass is 16.6. The van der Waals surface area contributed by atoms with Gasteiger partial charge in [0.25, 0.3) is 5.69 Å². The van der Waals surface area contributed by atoms with Crippen LogP contribution in [0.15, 0.2) is 54.6 Å². The second-order valence-corrected chi connectivity index (χ2v) is 4.23. The van der Waals surface area contributed by atoms with E-state index in [-0.39, 0.29) is 17.9 Å². The van der Waals surface area contributed by atoms with Crippen LogP contribution in [0.2, 0.25) is 0 Å². The van der Waals surface area contributed by atoms with E-state index >= 15 is 0 Å². The summed E-state index contributed by atoms with van der Waals surface area (Å²) in [4.78, 5) is 33.3. The molecule has 6 nitrogen and oxygen atoms in total. The number of rotatable bonds is 5. The van der Waals surface area contributed by atoms with Crippen LogP contribution in [0.3, 0.4) is 0 Å². The van der Waals surface area contributed by atoms with Gasteiger partial charge in [-0.25, -0.2) is 4.79 Å². The summed E-state index contributed by atoms with van der Waals surface area (Å²) in [5.74, 6) is -1.58. The molecular formula is C15H11NO5. The summed E-state index contributed by atoms with van der Waals surface area (Å²) in [6.07, 6.45) is -0.0490. The van der Waals surface area contributed by atoms with Crippen molar-refractivity contribution in [2.75, 3.05) is 0 Å². The molecule has 0 radical (unpaired) electrons. The standard InChI is InChI=1S/C15H11NO5/c17-14(10-11-4-2-1-3-5-11)15(18)21-13-8-6-12(7-9-13)16(19)20/h1-9H,10H2. The average Bonchev–Trinajstić information content (AvgIpc) is 2.48. The summed E-state index contributed by atoms with van der Waals surface area (Å²) in [6.45, 7) is 0. The van der Waals surface area contributed by atoms with Gasteiger partial charge in [-0.05, 0) is 17.7 Å². The van der Waals surface area contributed by atoms with Crippen molar-refractivity contribution in [3.63, 3.8) is 0 Å². The van der Waals surface area contributed by atoms with E-state index in [0.717, 1.165) is 0 Å². The van der Waals surface area contributed by atoms with E-state index in [1.165, 1.54) is 24.3 Å². The Labute approximate surface area is 120 Å². The average molecular weight is 285 g/mol. The summed E-state index contributed by atoms with van der Waals surface area (Å²) in [6, 6.07) is 13.7. The molecule has 21 heavy (non-hydrogen) atoms. The summed E-state index contributed by atoms with van der Waals surface area (Å²) in [7, 11) is 0. The summed E-state index contributed by atoms with van der Waals surface area (Å²) >= 11 is 0. The van der Waals surface area contributed by atoms with Gasteiger partial charge in [0.05, 0.1) is 4.92 Å². The molecule has 2 aromatic rings. The van der Waals surface area contributed by atoms with Gasteiger partial charge in [0, 0.05) is 18.6 Å². The minimum atomic E-state index is -0.993. The number of hydrogen-bond acceptors (Lipinski definition) is 5. The highest BCUT2D eigenvalue weighted by molar-refractivity contribution is 6.34. The monoisotopic (exact) mass is 285 g/mol. The lowest BCUT2D eigenvalue weighted by atomic mass is 10.1. The Bertz CT molecular complexity index is 664. The van der Waals surface area contributed by atoms with Gasteiger partial charge in [0.2, 0.25) is 5.78 Å². The maximum absolute atomic E-state index is 11.7. The van der Waals surface area contributed by atoms with Crippen LogP contribution >= 0.6 is 0 Å². The number of carbonyl (C=O) groups excluding carboxylic acids is 2. The topological polar surface area (TPSA) is 86.5 Å². The summed E-state index contributed by atoms with van der Waals surface area (Å²) in [5.41, 5.74) is 0.591. The van der Waals surface area contributed by atoms with Crippen molar-refractivity contribution in [3.8, 4) is 5.75 Å². The molecule has 106 valence electrons. The van der Waals surface area contributed by atoms with Crippen molar-refractivity contribution >= 4 is 17.4 Å². The second kappa shape index (κ2) is 6.42. The maximum Gasteiger partial charge on any atom is 0.380 e. The van der Waals surface area contributed by atoms with Crippen LogP contribution in [0, 0.1) is 10.1 Å². The molecule has 0 atom stereocenters. The molecule has 0 N–H and O–H groups in total. The minimum absolute atomic E-state index is 0.0490. The van der Waals surface area contributed by atoms with Gasteiger partial charge in [-0.1, -0.05) is 30.3 Å². The van der Waals surface area contributed by atoms with Gasteiger partial charge in [0.15, 0.2) is 0 Å². The van der Waals surface area contributed by atoms with Crippen molar-refractivity contribution in [1.82, 2.24) is 0 Å². The van der Waals surface area contributed by atoms with E-state index in [1.807, 2.05) is 6.07 Å². The van der Waals surface area contributed by atoms with Crippen LogP contribution in [0.1, 0.15) is 5.56 Å². The van der Waals surface area contributed by atoms with Crippen LogP contribution in [0.25, 0.3) is 0 Å². The van der Waals surface area contributed by atoms with Crippen LogP contribution in [-0.2, 0) is 16.0 Å². The predicted octanol–water partition coefficient (Wildman–Crippen LogP) is 2.31. The number of carbonyl (C=O) groups is 2. The Hall–Kier alpha value is -3.02. The van der Waals surface area contributed by atoms with Gasteiger partial charge < -0.3 is 4.74 Å². The van der Waals surface area contributed by atoms with E-state index in [0.29, 0.717) is 5.56 Å². The van der Waals surface area contributed by atoms with Crippen molar-refractivity contribution in [2.45, 2.75) is 6.42 Å². The van der Waals surface area contributed by atoms with Crippen molar-refractivity contribution in [3.05, 3.63) is 70.3 Å². The van der Waals surface area contributed by atoms with Crippen LogP contribution in [-0.4, -0.2) is 16.7 Å². The molecule has 0 unspecified atom stereocenters. The molecule has 0 fully saturated rings. The predicted molar refractivity (Wildman–Crippen MR) is 73.9 cm³/mol. The Morgan fingerprint density at radius 1 is 1.00 bits per heavy atom. The van der Waals surface area contributed by atoms with Crippen LogP contribution in [0.4, 0.5) is 5.69 Å². The Morgan fingerprint density at radius 3 is 2.19 bits per heavy atom. The molecule has 0 heterocycles. The summed E-state index contributed by atoms with van der Waals surface area (Å²) < 4.78 is 4.87. The minimum Gasteiger partial charge on any atom is -0.421 e. The molecule has 0 spiro atoms. The number of Topliss-reactive ketones (excluding diaryl/α,β-unsaturated/α-hetero) is 1. The van der Waals surface area contributed by atoms with Gasteiger partial charge >= 0.3 is 5.97 Å². The highest BCUT2D eigenvalue weighted by Crippen LogP contribution is 2.17. The zero-order chi connectivity index (χ0) is 15.2. The quantitative estimate of drug-likeness (QED) is 0.276. The lowest BCUT2D eigenvalue weighted by molar-refractivity contribution is -0.384. The Morgan fingerprint density at radius 2 is 1.62 bits per heavy atom. The number of nitrogens with zero attached hydrogens (tertiary/aromatic N) is 1. The van der Waals surface area contributed by atoms with Crippen LogP contribution in [0.5, 0.6) is 5.75 Å². The van der Waals surface area contributed by atoms with Gasteiger partial charge in [-0.2, -0.15) is 0 Å². The molecule has 6 heteroatoms. The number of hydrogen-bond donors (Lipinski definition) is 0. The Kier molecular flexibility index (Phi) is 4.40. The second-order valence-electron chi connectivity index (χ2n) is 4.23. The molecule has 0 amide bonds.